The summed E-state index contributed by atoms with van der Waals surface area (Å²) in [5.41, 5.74) is 0.990. The second-order valence-electron chi connectivity index (χ2n) is 8.00. The molecule has 0 aromatic heterocycles. The molecule has 3 rings (SSSR count). The van der Waals surface area contributed by atoms with Gasteiger partial charge in [-0.05, 0) is 56.9 Å². The molecule has 2 aliphatic rings. The van der Waals surface area contributed by atoms with Gasteiger partial charge >= 0.3 is 0 Å². The largest absolute Gasteiger partial charge is 0.393 e. The van der Waals surface area contributed by atoms with Crippen LogP contribution in [-0.2, 0) is 4.79 Å². The Morgan fingerprint density at radius 2 is 1.80 bits per heavy atom. The average molecular weight is 420 g/mol. The summed E-state index contributed by atoms with van der Waals surface area (Å²) in [4.78, 5) is 21.2. The molecule has 0 bridgehead atoms. The minimum absolute atomic E-state index is 0.120. The number of halogens is 1. The highest BCUT2D eigenvalue weighted by Gasteiger charge is 2.22. The van der Waals surface area contributed by atoms with Gasteiger partial charge in [-0.15, -0.1) is 0 Å². The first-order chi connectivity index (χ1) is 14.5. The van der Waals surface area contributed by atoms with Gasteiger partial charge in [0.05, 0.1) is 12.6 Å². The fourth-order valence-corrected chi connectivity index (χ4v) is 4.02. The van der Waals surface area contributed by atoms with Gasteiger partial charge < -0.3 is 25.5 Å². The molecular formula is C22H34FN5O2. The molecule has 1 aromatic carbocycles. The van der Waals surface area contributed by atoms with Gasteiger partial charge in [-0.25, -0.2) is 4.39 Å². The first kappa shape index (κ1) is 22.3. The van der Waals surface area contributed by atoms with Crippen LogP contribution < -0.4 is 15.5 Å². The van der Waals surface area contributed by atoms with Crippen LogP contribution >= 0.6 is 0 Å². The number of nitrogens with zero attached hydrogens (tertiary/aromatic N) is 3. The summed E-state index contributed by atoms with van der Waals surface area (Å²) in [7, 11) is 0. The van der Waals surface area contributed by atoms with Crippen molar-refractivity contribution in [1.29, 1.82) is 0 Å². The number of rotatable bonds is 6. The van der Waals surface area contributed by atoms with Gasteiger partial charge in [0.15, 0.2) is 5.96 Å². The lowest BCUT2D eigenvalue weighted by atomic mass is 9.93. The van der Waals surface area contributed by atoms with Gasteiger partial charge in [-0.3, -0.25) is 9.79 Å². The molecule has 0 radical (unpaired) electrons. The molecule has 1 saturated heterocycles. The predicted molar refractivity (Wildman–Crippen MR) is 117 cm³/mol. The summed E-state index contributed by atoms with van der Waals surface area (Å²) in [6.45, 7) is 6.07. The highest BCUT2D eigenvalue weighted by molar-refractivity contribution is 5.81. The summed E-state index contributed by atoms with van der Waals surface area (Å²) >= 11 is 0. The number of hydrogen-bond acceptors (Lipinski definition) is 4. The minimum Gasteiger partial charge on any atom is -0.393 e. The van der Waals surface area contributed by atoms with Crippen molar-refractivity contribution < 1.29 is 14.3 Å². The molecule has 1 amide bonds. The van der Waals surface area contributed by atoms with E-state index in [-0.39, 0.29) is 17.8 Å². The van der Waals surface area contributed by atoms with Crippen LogP contribution in [-0.4, -0.2) is 73.3 Å². The van der Waals surface area contributed by atoms with Crippen molar-refractivity contribution in [3.63, 3.8) is 0 Å². The molecule has 1 aliphatic carbocycles. The minimum atomic E-state index is -0.236. The number of carbonyl (C=O) groups is 1. The Bertz CT molecular complexity index is 696. The molecule has 0 unspecified atom stereocenters. The molecule has 30 heavy (non-hydrogen) atoms. The SMILES string of the molecule is CCNC(=NCCC(=O)N1CCN(c2ccc(F)cc2)CC1)NC1CCC(O)CC1. The van der Waals surface area contributed by atoms with Crippen molar-refractivity contribution >= 4 is 17.6 Å². The van der Waals surface area contributed by atoms with E-state index >= 15 is 0 Å². The van der Waals surface area contributed by atoms with E-state index in [1.807, 2.05) is 11.8 Å². The number of hydrogen-bond donors (Lipinski definition) is 3. The van der Waals surface area contributed by atoms with Crippen LogP contribution in [0, 0.1) is 5.82 Å². The summed E-state index contributed by atoms with van der Waals surface area (Å²) in [6, 6.07) is 6.82. The quantitative estimate of drug-likeness (QED) is 0.483. The van der Waals surface area contributed by atoms with Crippen molar-refractivity contribution in [1.82, 2.24) is 15.5 Å². The van der Waals surface area contributed by atoms with E-state index in [0.717, 1.165) is 57.0 Å². The van der Waals surface area contributed by atoms with Crippen molar-refractivity contribution in [2.45, 2.75) is 51.2 Å². The molecule has 0 spiro atoms. The van der Waals surface area contributed by atoms with Gasteiger partial charge in [0.2, 0.25) is 5.91 Å². The Hall–Kier alpha value is -2.35. The number of aliphatic hydroxyl groups is 1. The van der Waals surface area contributed by atoms with Crippen LogP contribution in [0.25, 0.3) is 0 Å². The molecule has 1 heterocycles. The lowest BCUT2D eigenvalue weighted by Crippen LogP contribution is -2.49. The summed E-state index contributed by atoms with van der Waals surface area (Å²) in [5, 5.41) is 16.3. The third-order valence-corrected chi connectivity index (χ3v) is 5.80. The Morgan fingerprint density at radius 1 is 1.13 bits per heavy atom. The van der Waals surface area contributed by atoms with Crippen LogP contribution in [0.3, 0.4) is 0 Å². The first-order valence-electron chi connectivity index (χ1n) is 11.1. The molecule has 7 nitrogen and oxygen atoms in total. The first-order valence-corrected chi connectivity index (χ1v) is 11.1. The number of guanidine groups is 1. The summed E-state index contributed by atoms with van der Waals surface area (Å²) in [6.07, 6.45) is 3.71. The van der Waals surface area contributed by atoms with E-state index in [4.69, 9.17) is 0 Å². The predicted octanol–water partition coefficient (Wildman–Crippen LogP) is 1.72. The molecule has 1 aromatic rings. The van der Waals surface area contributed by atoms with Crippen LogP contribution in [0.5, 0.6) is 0 Å². The summed E-state index contributed by atoms with van der Waals surface area (Å²) in [5.74, 6) is 0.627. The number of aliphatic hydroxyl groups excluding tert-OH is 1. The van der Waals surface area contributed by atoms with E-state index in [0.29, 0.717) is 32.1 Å². The highest BCUT2D eigenvalue weighted by Crippen LogP contribution is 2.18. The number of nitrogens with one attached hydrogen (secondary N) is 2. The van der Waals surface area contributed by atoms with Crippen molar-refractivity contribution in [2.24, 2.45) is 4.99 Å². The second kappa shape index (κ2) is 11.2. The lowest BCUT2D eigenvalue weighted by molar-refractivity contribution is -0.131. The molecule has 8 heteroatoms. The maximum absolute atomic E-state index is 13.1. The number of carbonyl (C=O) groups excluding carboxylic acids is 1. The number of anilines is 1. The molecule has 3 N–H and O–H groups in total. The zero-order valence-corrected chi connectivity index (χ0v) is 17.8. The third-order valence-electron chi connectivity index (χ3n) is 5.80. The Kier molecular flexibility index (Phi) is 8.30. The maximum atomic E-state index is 13.1. The van der Waals surface area contributed by atoms with E-state index in [2.05, 4.69) is 20.5 Å². The van der Waals surface area contributed by atoms with Gasteiger partial charge in [0.1, 0.15) is 5.82 Å². The fourth-order valence-electron chi connectivity index (χ4n) is 4.02. The number of piperazine rings is 1. The Balaban J connectivity index is 1.42. The topological polar surface area (TPSA) is 80.2 Å². The normalized spacial score (nSPS) is 22.7. The second-order valence-corrected chi connectivity index (χ2v) is 8.00. The van der Waals surface area contributed by atoms with E-state index in [1.165, 1.54) is 12.1 Å². The summed E-state index contributed by atoms with van der Waals surface area (Å²) < 4.78 is 13.1. The van der Waals surface area contributed by atoms with E-state index < -0.39 is 0 Å². The average Bonchev–Trinajstić information content (AvgIpc) is 2.76. The Morgan fingerprint density at radius 3 is 2.43 bits per heavy atom. The van der Waals surface area contributed by atoms with Crippen molar-refractivity contribution in [2.75, 3.05) is 44.2 Å². The van der Waals surface area contributed by atoms with E-state index in [1.54, 1.807) is 12.1 Å². The number of benzene rings is 1. The molecular weight excluding hydrogens is 385 g/mol. The van der Waals surface area contributed by atoms with Gasteiger partial charge in [-0.2, -0.15) is 0 Å². The standard InChI is InChI=1S/C22H34FN5O2/c1-2-24-22(26-18-5-9-20(29)10-6-18)25-12-11-21(30)28-15-13-27(14-16-28)19-7-3-17(23)4-8-19/h3-4,7-8,18,20,29H,2,5-6,9-16H2,1H3,(H2,24,25,26). The zero-order valence-electron chi connectivity index (χ0n) is 17.8. The number of amides is 1. The van der Waals surface area contributed by atoms with Crippen LogP contribution in [0.15, 0.2) is 29.3 Å². The van der Waals surface area contributed by atoms with Crippen LogP contribution in [0.2, 0.25) is 0 Å². The zero-order chi connectivity index (χ0) is 21.3. The Labute approximate surface area is 178 Å². The van der Waals surface area contributed by atoms with Gasteiger partial charge in [-0.1, -0.05) is 0 Å². The molecule has 166 valence electrons. The van der Waals surface area contributed by atoms with Crippen LogP contribution in [0.4, 0.5) is 10.1 Å². The molecule has 1 aliphatic heterocycles. The monoisotopic (exact) mass is 419 g/mol. The molecule has 0 atom stereocenters. The third kappa shape index (κ3) is 6.58. The van der Waals surface area contributed by atoms with E-state index in [9.17, 15) is 14.3 Å². The van der Waals surface area contributed by atoms with Crippen molar-refractivity contribution in [3.8, 4) is 0 Å². The van der Waals surface area contributed by atoms with Crippen molar-refractivity contribution in [3.05, 3.63) is 30.1 Å². The van der Waals surface area contributed by atoms with Crippen LogP contribution in [0.1, 0.15) is 39.0 Å². The lowest BCUT2D eigenvalue weighted by Gasteiger charge is -2.36. The smallest absolute Gasteiger partial charge is 0.224 e. The molecule has 1 saturated carbocycles. The number of aliphatic imine (C=N–C) groups is 1. The fraction of sp³-hybridized carbons (Fsp3) is 0.636. The highest BCUT2D eigenvalue weighted by atomic mass is 19.1. The van der Waals surface area contributed by atoms with Gasteiger partial charge in [0.25, 0.3) is 0 Å². The maximum Gasteiger partial charge on any atom is 0.224 e. The van der Waals surface area contributed by atoms with Gasteiger partial charge in [0, 0.05) is 50.9 Å². The molecule has 2 fully saturated rings.